The maximum atomic E-state index is 10.7. The average molecular weight is 323 g/mol. The van der Waals surface area contributed by atoms with Crippen LogP contribution in [-0.4, -0.2) is 34.2 Å². The van der Waals surface area contributed by atoms with Crippen molar-refractivity contribution in [2.75, 3.05) is 6.61 Å². The highest BCUT2D eigenvalue weighted by atomic mass is 28.4. The number of hydrogen-bond donors (Lipinski definition) is 1. The maximum Gasteiger partial charge on any atom is 0.183 e. The first-order chi connectivity index (χ1) is 9.55. The molecule has 4 heteroatoms. The van der Waals surface area contributed by atoms with Crippen molar-refractivity contribution in [3.05, 3.63) is 42.5 Å². The lowest BCUT2D eigenvalue weighted by atomic mass is 10.1. The van der Waals surface area contributed by atoms with Crippen molar-refractivity contribution in [3.63, 3.8) is 0 Å². The van der Waals surface area contributed by atoms with E-state index in [1.54, 1.807) is 0 Å². The van der Waals surface area contributed by atoms with Gasteiger partial charge in [0.1, 0.15) is 0 Å². The van der Waals surface area contributed by atoms with Gasteiger partial charge < -0.3 is 9.53 Å². The lowest BCUT2D eigenvalue weighted by molar-refractivity contribution is 0.103. The molecule has 21 heavy (non-hydrogen) atoms. The standard InChI is InChI=1S/C17H30O2Si2/c1-14(2)17(16(18)13-19-20(3,4)5)21(6,7)15-11-9-8-10-12-15/h8-12,16-18H,1,13H2,2-7H3/t16-,17-/m1/s1. The Hall–Kier alpha value is -0.686. The monoisotopic (exact) mass is 322 g/mol. The molecule has 0 bridgehead atoms. The maximum absolute atomic E-state index is 10.7. The topological polar surface area (TPSA) is 29.5 Å². The van der Waals surface area contributed by atoms with E-state index in [1.165, 1.54) is 5.19 Å². The van der Waals surface area contributed by atoms with Crippen LogP contribution < -0.4 is 5.19 Å². The molecule has 0 aliphatic rings. The van der Waals surface area contributed by atoms with Crippen molar-refractivity contribution >= 4 is 21.6 Å². The molecule has 0 saturated heterocycles. The molecule has 0 radical (unpaired) electrons. The molecule has 2 atom stereocenters. The SMILES string of the molecule is C=C(C)[C@H]([C@H](O)CO[Si](C)(C)C)[Si](C)(C)c1ccccc1. The number of hydrogen-bond acceptors (Lipinski definition) is 2. The summed E-state index contributed by atoms with van der Waals surface area (Å²) < 4.78 is 5.92. The minimum Gasteiger partial charge on any atom is -0.415 e. The zero-order chi connectivity index (χ0) is 16.3. The summed E-state index contributed by atoms with van der Waals surface area (Å²) >= 11 is 0. The van der Waals surface area contributed by atoms with Gasteiger partial charge in [0.2, 0.25) is 0 Å². The minimum absolute atomic E-state index is 0.108. The molecular formula is C17H30O2Si2. The Morgan fingerprint density at radius 3 is 2.10 bits per heavy atom. The molecule has 2 nitrogen and oxygen atoms in total. The van der Waals surface area contributed by atoms with E-state index in [0.717, 1.165) is 5.57 Å². The third-order valence-electron chi connectivity index (χ3n) is 3.90. The molecule has 1 aromatic carbocycles. The largest absolute Gasteiger partial charge is 0.415 e. The fourth-order valence-electron chi connectivity index (χ4n) is 2.90. The molecule has 0 aromatic heterocycles. The van der Waals surface area contributed by atoms with E-state index in [0.29, 0.717) is 6.61 Å². The van der Waals surface area contributed by atoms with E-state index in [4.69, 9.17) is 4.43 Å². The molecule has 0 amide bonds. The van der Waals surface area contributed by atoms with Crippen LogP contribution in [0.5, 0.6) is 0 Å². The second-order valence-corrected chi connectivity index (χ2v) is 16.6. The zero-order valence-electron chi connectivity index (χ0n) is 14.3. The van der Waals surface area contributed by atoms with Crippen molar-refractivity contribution < 1.29 is 9.53 Å². The van der Waals surface area contributed by atoms with Gasteiger partial charge in [-0.15, -0.1) is 6.58 Å². The van der Waals surface area contributed by atoms with Crippen LogP contribution in [0.3, 0.4) is 0 Å². The first kappa shape index (κ1) is 18.4. The molecule has 1 rings (SSSR count). The number of aliphatic hydroxyl groups excluding tert-OH is 1. The fourth-order valence-corrected chi connectivity index (χ4v) is 7.28. The van der Waals surface area contributed by atoms with Crippen molar-refractivity contribution in [2.45, 2.75) is 51.3 Å². The van der Waals surface area contributed by atoms with Gasteiger partial charge in [0.05, 0.1) is 20.8 Å². The number of benzene rings is 1. The normalized spacial score (nSPS) is 15.6. The first-order valence-electron chi connectivity index (χ1n) is 7.58. The minimum atomic E-state index is -1.85. The van der Waals surface area contributed by atoms with Gasteiger partial charge in [-0.05, 0) is 26.6 Å². The smallest absolute Gasteiger partial charge is 0.183 e. The van der Waals surface area contributed by atoms with Crippen molar-refractivity contribution in [2.24, 2.45) is 0 Å². The lowest BCUT2D eigenvalue weighted by Crippen LogP contribution is -2.51. The van der Waals surface area contributed by atoms with E-state index < -0.39 is 22.5 Å². The lowest BCUT2D eigenvalue weighted by Gasteiger charge is -2.37. The molecule has 118 valence electrons. The van der Waals surface area contributed by atoms with Crippen LogP contribution in [0.1, 0.15) is 6.92 Å². The van der Waals surface area contributed by atoms with Gasteiger partial charge in [-0.1, -0.05) is 54.2 Å². The van der Waals surface area contributed by atoms with Crippen molar-refractivity contribution in [3.8, 4) is 0 Å². The van der Waals surface area contributed by atoms with Crippen LogP contribution in [0, 0.1) is 0 Å². The van der Waals surface area contributed by atoms with Crippen LogP contribution in [0.4, 0.5) is 0 Å². The third kappa shape index (κ3) is 5.22. The Morgan fingerprint density at radius 1 is 1.14 bits per heavy atom. The van der Waals surface area contributed by atoms with Crippen molar-refractivity contribution in [1.29, 1.82) is 0 Å². The van der Waals surface area contributed by atoms with Crippen LogP contribution in [0.2, 0.25) is 38.3 Å². The highest BCUT2D eigenvalue weighted by Crippen LogP contribution is 2.32. The van der Waals surface area contributed by atoms with Crippen LogP contribution in [-0.2, 0) is 4.43 Å². The van der Waals surface area contributed by atoms with Gasteiger partial charge in [0, 0.05) is 5.54 Å². The Balaban J connectivity index is 2.98. The molecule has 0 unspecified atom stereocenters. The molecule has 0 aliphatic carbocycles. The second kappa shape index (κ2) is 7.05. The predicted molar refractivity (Wildman–Crippen MR) is 97.4 cm³/mol. The fraction of sp³-hybridized carbons (Fsp3) is 0.529. The Morgan fingerprint density at radius 2 is 1.67 bits per heavy atom. The van der Waals surface area contributed by atoms with Gasteiger partial charge in [-0.3, -0.25) is 0 Å². The average Bonchev–Trinajstić information content (AvgIpc) is 2.36. The molecule has 0 aliphatic heterocycles. The van der Waals surface area contributed by atoms with Gasteiger partial charge in [0.25, 0.3) is 0 Å². The Kier molecular flexibility index (Phi) is 6.16. The summed E-state index contributed by atoms with van der Waals surface area (Å²) in [6.07, 6.45) is -0.476. The van der Waals surface area contributed by atoms with Crippen LogP contribution in [0.15, 0.2) is 42.5 Å². The molecule has 0 heterocycles. The molecule has 0 spiro atoms. The molecule has 1 aromatic rings. The Labute approximate surface area is 132 Å². The molecule has 0 saturated carbocycles. The van der Waals surface area contributed by atoms with E-state index in [-0.39, 0.29) is 5.54 Å². The summed E-state index contributed by atoms with van der Waals surface area (Å²) in [5.41, 5.74) is 1.17. The summed E-state index contributed by atoms with van der Waals surface area (Å²) in [4.78, 5) is 0. The van der Waals surface area contributed by atoms with E-state index in [2.05, 4.69) is 63.6 Å². The highest BCUT2D eigenvalue weighted by molar-refractivity contribution is 6.91. The third-order valence-corrected chi connectivity index (χ3v) is 9.18. The van der Waals surface area contributed by atoms with Crippen molar-refractivity contribution in [1.82, 2.24) is 0 Å². The van der Waals surface area contributed by atoms with Gasteiger partial charge >= 0.3 is 0 Å². The predicted octanol–water partition coefficient (Wildman–Crippen LogP) is 3.76. The molecule has 0 fully saturated rings. The summed E-state index contributed by atoms with van der Waals surface area (Å²) in [6.45, 7) is 17.6. The molecular weight excluding hydrogens is 292 g/mol. The first-order valence-corrected chi connectivity index (χ1v) is 14.1. The van der Waals surface area contributed by atoms with Gasteiger partial charge in [-0.2, -0.15) is 0 Å². The summed E-state index contributed by atoms with van der Waals surface area (Å²) in [6, 6.07) is 10.5. The van der Waals surface area contributed by atoms with E-state index in [1.807, 2.05) is 13.0 Å². The Bertz CT molecular complexity index is 463. The summed E-state index contributed by atoms with van der Waals surface area (Å²) in [5, 5.41) is 12.1. The second-order valence-electron chi connectivity index (χ2n) is 7.40. The number of rotatable bonds is 7. The summed E-state index contributed by atoms with van der Waals surface area (Å²) in [5.74, 6) is 0. The number of aliphatic hydroxyl groups is 1. The van der Waals surface area contributed by atoms with Crippen LogP contribution >= 0.6 is 0 Å². The van der Waals surface area contributed by atoms with Gasteiger partial charge in [-0.25, -0.2) is 0 Å². The molecule has 1 N–H and O–H groups in total. The van der Waals surface area contributed by atoms with Crippen LogP contribution in [0.25, 0.3) is 0 Å². The summed E-state index contributed by atoms with van der Waals surface area (Å²) in [7, 11) is -3.46. The van der Waals surface area contributed by atoms with Gasteiger partial charge in [0.15, 0.2) is 8.32 Å². The van der Waals surface area contributed by atoms with E-state index in [9.17, 15) is 5.11 Å². The quantitative estimate of drug-likeness (QED) is 0.612. The highest BCUT2D eigenvalue weighted by Gasteiger charge is 2.39. The zero-order valence-corrected chi connectivity index (χ0v) is 16.3. The van der Waals surface area contributed by atoms with E-state index >= 15 is 0 Å².